The fraction of sp³-hybridized carbons (Fsp3) is 0.588. The standard InChI is InChI=1S/C10H12.C5H11NO.C2H6/c1-2-6-10-8-4-3-7-9(10)5-1;1-3-4(2)5(6)7;1-2/h1-2,5-6H,3-4,7-8H2;4H,3H2,1-2H3,(H2,6,7);1-2H3. The number of hydrogen-bond acceptors (Lipinski definition) is 1. The third kappa shape index (κ3) is 7.00. The lowest BCUT2D eigenvalue weighted by molar-refractivity contribution is -0.121. The van der Waals surface area contributed by atoms with Gasteiger partial charge in [0.15, 0.2) is 0 Å². The summed E-state index contributed by atoms with van der Waals surface area (Å²) in [6, 6.07) is 8.80. The zero-order valence-corrected chi connectivity index (χ0v) is 12.9. The van der Waals surface area contributed by atoms with Crippen LogP contribution in [0.3, 0.4) is 0 Å². The molecule has 0 fully saturated rings. The third-order valence-electron chi connectivity index (χ3n) is 3.36. The van der Waals surface area contributed by atoms with Crippen LogP contribution in [0.2, 0.25) is 0 Å². The maximum atomic E-state index is 10.2. The molecule has 0 saturated carbocycles. The molecule has 0 heterocycles. The zero-order valence-electron chi connectivity index (χ0n) is 12.9. The van der Waals surface area contributed by atoms with Crippen LogP contribution >= 0.6 is 0 Å². The van der Waals surface area contributed by atoms with Gasteiger partial charge in [-0.25, -0.2) is 0 Å². The van der Waals surface area contributed by atoms with Crippen molar-refractivity contribution in [2.45, 2.75) is 59.8 Å². The number of nitrogens with two attached hydrogens (primary N) is 1. The molecule has 0 aliphatic heterocycles. The lowest BCUT2D eigenvalue weighted by Gasteiger charge is -2.13. The summed E-state index contributed by atoms with van der Waals surface area (Å²) < 4.78 is 0. The first-order valence-corrected chi connectivity index (χ1v) is 7.51. The van der Waals surface area contributed by atoms with E-state index in [-0.39, 0.29) is 11.8 Å². The van der Waals surface area contributed by atoms with Crippen molar-refractivity contribution in [2.24, 2.45) is 11.7 Å². The average Bonchev–Trinajstić information content (AvgIpc) is 2.49. The summed E-state index contributed by atoms with van der Waals surface area (Å²) in [5.41, 5.74) is 8.06. The van der Waals surface area contributed by atoms with Crippen LogP contribution in [0.15, 0.2) is 24.3 Å². The summed E-state index contributed by atoms with van der Waals surface area (Å²) in [5.74, 6) is -0.164. The molecule has 2 nitrogen and oxygen atoms in total. The lowest BCUT2D eigenvalue weighted by Crippen LogP contribution is -2.19. The topological polar surface area (TPSA) is 43.1 Å². The van der Waals surface area contributed by atoms with E-state index in [0.29, 0.717) is 0 Å². The van der Waals surface area contributed by atoms with E-state index >= 15 is 0 Å². The first-order valence-electron chi connectivity index (χ1n) is 7.51. The molecule has 1 atom stereocenters. The molecule has 1 aromatic rings. The van der Waals surface area contributed by atoms with Crippen molar-refractivity contribution in [3.63, 3.8) is 0 Å². The van der Waals surface area contributed by atoms with Crippen LogP contribution in [-0.2, 0) is 17.6 Å². The van der Waals surface area contributed by atoms with Gasteiger partial charge in [0.1, 0.15) is 0 Å². The van der Waals surface area contributed by atoms with E-state index in [2.05, 4.69) is 24.3 Å². The van der Waals surface area contributed by atoms with Gasteiger partial charge in [0.2, 0.25) is 5.91 Å². The minimum absolute atomic E-state index is 0.0417. The molecule has 19 heavy (non-hydrogen) atoms. The van der Waals surface area contributed by atoms with Crippen LogP contribution in [0.25, 0.3) is 0 Å². The molecule has 108 valence electrons. The second-order valence-electron chi connectivity index (χ2n) is 4.69. The molecule has 0 aromatic heterocycles. The van der Waals surface area contributed by atoms with Crippen molar-refractivity contribution < 1.29 is 4.79 Å². The normalized spacial score (nSPS) is 13.9. The summed E-state index contributed by atoms with van der Waals surface area (Å²) in [7, 11) is 0. The van der Waals surface area contributed by atoms with Crippen LogP contribution in [0.1, 0.15) is 58.1 Å². The van der Waals surface area contributed by atoms with Gasteiger partial charge in [-0.05, 0) is 43.2 Å². The number of rotatable bonds is 2. The molecule has 1 amide bonds. The van der Waals surface area contributed by atoms with Crippen LogP contribution in [0.4, 0.5) is 0 Å². The predicted molar refractivity (Wildman–Crippen MR) is 83.1 cm³/mol. The molecule has 1 unspecified atom stereocenters. The lowest BCUT2D eigenvalue weighted by atomic mass is 9.92. The number of hydrogen-bond donors (Lipinski definition) is 1. The number of benzene rings is 1. The van der Waals surface area contributed by atoms with Crippen molar-refractivity contribution in [1.29, 1.82) is 0 Å². The van der Waals surface area contributed by atoms with Gasteiger partial charge >= 0.3 is 0 Å². The number of primary amides is 1. The number of fused-ring (bicyclic) bond motifs is 1. The highest BCUT2D eigenvalue weighted by atomic mass is 16.1. The maximum Gasteiger partial charge on any atom is 0.220 e. The quantitative estimate of drug-likeness (QED) is 0.857. The fourth-order valence-electron chi connectivity index (χ4n) is 1.88. The van der Waals surface area contributed by atoms with Crippen LogP contribution in [0.5, 0.6) is 0 Å². The molecule has 0 radical (unpaired) electrons. The first kappa shape index (κ1) is 17.7. The molecule has 2 N–H and O–H groups in total. The van der Waals surface area contributed by atoms with Gasteiger partial charge in [0.25, 0.3) is 0 Å². The molecule has 0 spiro atoms. The van der Waals surface area contributed by atoms with Crippen LogP contribution in [0, 0.1) is 5.92 Å². The Hall–Kier alpha value is -1.31. The van der Waals surface area contributed by atoms with Crippen molar-refractivity contribution in [3.05, 3.63) is 35.4 Å². The zero-order chi connectivity index (χ0) is 14.7. The van der Waals surface area contributed by atoms with Gasteiger partial charge in [0, 0.05) is 5.92 Å². The smallest absolute Gasteiger partial charge is 0.220 e. The van der Waals surface area contributed by atoms with Gasteiger partial charge in [-0.15, -0.1) is 0 Å². The maximum absolute atomic E-state index is 10.2. The minimum Gasteiger partial charge on any atom is -0.369 e. The Bertz CT molecular complexity index is 335. The highest BCUT2D eigenvalue weighted by Gasteiger charge is 2.06. The summed E-state index contributed by atoms with van der Waals surface area (Å²) in [5, 5.41) is 0. The molecule has 1 aromatic carbocycles. The molecule has 0 saturated heterocycles. The first-order chi connectivity index (χ1) is 9.15. The van der Waals surface area contributed by atoms with Crippen molar-refractivity contribution in [2.75, 3.05) is 0 Å². The minimum atomic E-state index is -0.206. The van der Waals surface area contributed by atoms with E-state index in [1.165, 1.54) is 25.7 Å². The number of carbonyl (C=O) groups excluding carboxylic acids is 1. The van der Waals surface area contributed by atoms with E-state index < -0.39 is 0 Å². The van der Waals surface area contributed by atoms with Gasteiger partial charge in [-0.3, -0.25) is 4.79 Å². The van der Waals surface area contributed by atoms with Crippen molar-refractivity contribution >= 4 is 5.91 Å². The monoisotopic (exact) mass is 263 g/mol. The van der Waals surface area contributed by atoms with Crippen molar-refractivity contribution in [1.82, 2.24) is 0 Å². The summed E-state index contributed by atoms with van der Waals surface area (Å²) in [4.78, 5) is 10.2. The van der Waals surface area contributed by atoms with Crippen molar-refractivity contribution in [3.8, 4) is 0 Å². The molecule has 1 aliphatic rings. The molecule has 1 aliphatic carbocycles. The Labute approximate surface area is 118 Å². The molecule has 2 rings (SSSR count). The number of aryl methyl sites for hydroxylation is 2. The van der Waals surface area contributed by atoms with Gasteiger partial charge in [-0.1, -0.05) is 52.0 Å². The van der Waals surface area contributed by atoms with E-state index in [1.54, 1.807) is 11.1 Å². The van der Waals surface area contributed by atoms with E-state index in [4.69, 9.17) is 5.73 Å². The molecular formula is C17H29NO. The van der Waals surface area contributed by atoms with E-state index in [0.717, 1.165) is 6.42 Å². The molecular weight excluding hydrogens is 234 g/mol. The highest BCUT2D eigenvalue weighted by molar-refractivity contribution is 5.76. The Morgan fingerprint density at radius 2 is 1.58 bits per heavy atom. The SMILES string of the molecule is CC.CCC(C)C(N)=O.c1ccc2c(c1)CCCC2. The Balaban J connectivity index is 0.000000321. The fourth-order valence-corrected chi connectivity index (χ4v) is 1.88. The summed E-state index contributed by atoms with van der Waals surface area (Å²) in [6.07, 6.45) is 6.22. The van der Waals surface area contributed by atoms with Gasteiger partial charge in [-0.2, -0.15) is 0 Å². The van der Waals surface area contributed by atoms with Gasteiger partial charge in [0.05, 0.1) is 0 Å². The van der Waals surface area contributed by atoms with E-state index in [9.17, 15) is 4.79 Å². The molecule has 0 bridgehead atoms. The largest absolute Gasteiger partial charge is 0.369 e. The second kappa shape index (κ2) is 10.6. The Kier molecular flexibility index (Phi) is 9.87. The average molecular weight is 263 g/mol. The Morgan fingerprint density at radius 1 is 1.16 bits per heavy atom. The second-order valence-corrected chi connectivity index (χ2v) is 4.69. The van der Waals surface area contributed by atoms with Crippen LogP contribution < -0.4 is 5.73 Å². The predicted octanol–water partition coefficient (Wildman–Crippen LogP) is 4.11. The number of carbonyl (C=O) groups is 1. The van der Waals surface area contributed by atoms with Gasteiger partial charge < -0.3 is 5.73 Å². The summed E-state index contributed by atoms with van der Waals surface area (Å²) >= 11 is 0. The third-order valence-corrected chi connectivity index (χ3v) is 3.36. The Morgan fingerprint density at radius 3 is 1.84 bits per heavy atom. The van der Waals surface area contributed by atoms with Crippen LogP contribution in [-0.4, -0.2) is 5.91 Å². The highest BCUT2D eigenvalue weighted by Crippen LogP contribution is 2.19. The molecule has 2 heteroatoms. The number of amides is 1. The summed E-state index contributed by atoms with van der Waals surface area (Å²) in [6.45, 7) is 7.76. The van der Waals surface area contributed by atoms with E-state index in [1.807, 2.05) is 27.7 Å².